The Kier molecular flexibility index (Phi) is 4.45. The lowest BCUT2D eigenvalue weighted by molar-refractivity contribution is -0.137. The van der Waals surface area contributed by atoms with Crippen molar-refractivity contribution in [2.45, 2.75) is 12.6 Å². The van der Waals surface area contributed by atoms with Crippen molar-refractivity contribution < 1.29 is 13.2 Å². The van der Waals surface area contributed by atoms with Gasteiger partial charge in [-0.25, -0.2) is 0 Å². The summed E-state index contributed by atoms with van der Waals surface area (Å²) in [6.07, 6.45) is 4.46. The molecular formula is C16H16F3N. The fourth-order valence-electron chi connectivity index (χ4n) is 2.08. The molecule has 1 aliphatic carbocycles. The van der Waals surface area contributed by atoms with Crippen molar-refractivity contribution in [2.24, 2.45) is 0 Å². The van der Waals surface area contributed by atoms with E-state index in [1.54, 1.807) is 0 Å². The van der Waals surface area contributed by atoms with Crippen LogP contribution >= 0.6 is 0 Å². The van der Waals surface area contributed by atoms with E-state index in [0.29, 0.717) is 0 Å². The van der Waals surface area contributed by atoms with Gasteiger partial charge in [-0.2, -0.15) is 13.2 Å². The van der Waals surface area contributed by atoms with Gasteiger partial charge in [-0.05, 0) is 42.3 Å². The van der Waals surface area contributed by atoms with E-state index in [0.717, 1.165) is 41.8 Å². The Morgan fingerprint density at radius 2 is 1.80 bits per heavy atom. The van der Waals surface area contributed by atoms with Gasteiger partial charge in [-0.1, -0.05) is 36.4 Å². The average molecular weight is 279 g/mol. The third-order valence-electron chi connectivity index (χ3n) is 3.13. The molecule has 0 radical (unpaired) electrons. The van der Waals surface area contributed by atoms with E-state index in [1.165, 1.54) is 12.1 Å². The van der Waals surface area contributed by atoms with E-state index in [1.807, 2.05) is 31.4 Å². The Hall–Kier alpha value is -1.81. The molecule has 0 fully saturated rings. The molecule has 0 heterocycles. The van der Waals surface area contributed by atoms with E-state index in [4.69, 9.17) is 0 Å². The zero-order valence-electron chi connectivity index (χ0n) is 11.2. The molecule has 1 aromatic rings. The second kappa shape index (κ2) is 6.09. The molecule has 0 unspecified atom stereocenters. The lowest BCUT2D eigenvalue weighted by Gasteiger charge is -2.08. The van der Waals surface area contributed by atoms with Crippen LogP contribution in [0.2, 0.25) is 0 Å². The van der Waals surface area contributed by atoms with Crippen LogP contribution in [0.1, 0.15) is 17.5 Å². The molecule has 0 spiro atoms. The standard InChI is InChI=1S/C16H16F3N/c1-20-11-12-3-2-4-13(6-5-12)14-7-9-15(10-8-14)16(17,18)19/h2-3,5-10,20H,4,11H2,1H3. The maximum atomic E-state index is 12.5. The summed E-state index contributed by atoms with van der Waals surface area (Å²) < 4.78 is 37.6. The van der Waals surface area contributed by atoms with E-state index >= 15 is 0 Å². The van der Waals surface area contributed by atoms with E-state index < -0.39 is 11.7 Å². The number of hydrogen-bond acceptors (Lipinski definition) is 1. The predicted octanol–water partition coefficient (Wildman–Crippen LogP) is 4.19. The van der Waals surface area contributed by atoms with E-state index in [2.05, 4.69) is 5.32 Å². The highest BCUT2D eigenvalue weighted by Gasteiger charge is 2.29. The molecule has 1 aliphatic rings. The van der Waals surface area contributed by atoms with Gasteiger partial charge >= 0.3 is 6.18 Å². The van der Waals surface area contributed by atoms with Gasteiger partial charge in [0.05, 0.1) is 5.56 Å². The maximum Gasteiger partial charge on any atom is 0.416 e. The van der Waals surface area contributed by atoms with Gasteiger partial charge in [0.2, 0.25) is 0 Å². The quantitative estimate of drug-likeness (QED) is 0.874. The Morgan fingerprint density at radius 3 is 2.40 bits per heavy atom. The van der Waals surface area contributed by atoms with Gasteiger partial charge < -0.3 is 5.32 Å². The average Bonchev–Trinajstić information content (AvgIpc) is 2.64. The molecule has 1 aromatic carbocycles. The highest BCUT2D eigenvalue weighted by Crippen LogP contribution is 2.31. The van der Waals surface area contributed by atoms with Crippen LogP contribution in [0.4, 0.5) is 13.2 Å². The van der Waals surface area contributed by atoms with Crippen LogP contribution < -0.4 is 5.32 Å². The van der Waals surface area contributed by atoms with Gasteiger partial charge in [0.25, 0.3) is 0 Å². The summed E-state index contributed by atoms with van der Waals surface area (Å²) in [6, 6.07) is 5.31. The van der Waals surface area contributed by atoms with E-state index in [-0.39, 0.29) is 0 Å². The number of rotatable bonds is 3. The molecule has 0 saturated heterocycles. The van der Waals surface area contributed by atoms with Crippen molar-refractivity contribution in [1.29, 1.82) is 0 Å². The summed E-state index contributed by atoms with van der Waals surface area (Å²) in [5.41, 5.74) is 2.37. The fourth-order valence-corrected chi connectivity index (χ4v) is 2.08. The lowest BCUT2D eigenvalue weighted by Crippen LogP contribution is -2.08. The fraction of sp³-hybridized carbons (Fsp3) is 0.250. The monoisotopic (exact) mass is 279 g/mol. The summed E-state index contributed by atoms with van der Waals surface area (Å²) >= 11 is 0. The summed E-state index contributed by atoms with van der Waals surface area (Å²) in [4.78, 5) is 0. The van der Waals surface area contributed by atoms with Gasteiger partial charge in [-0.3, -0.25) is 0 Å². The topological polar surface area (TPSA) is 12.0 Å². The van der Waals surface area contributed by atoms with Crippen LogP contribution in [0.15, 0.2) is 54.1 Å². The summed E-state index contributed by atoms with van der Waals surface area (Å²) in [7, 11) is 1.88. The van der Waals surface area contributed by atoms with Gasteiger partial charge in [0.15, 0.2) is 0 Å². The van der Waals surface area contributed by atoms with Crippen molar-refractivity contribution in [3.8, 4) is 0 Å². The van der Waals surface area contributed by atoms with Crippen LogP contribution in [-0.4, -0.2) is 13.6 Å². The number of alkyl halides is 3. The number of benzene rings is 1. The molecule has 106 valence electrons. The molecule has 1 N–H and O–H groups in total. The molecule has 1 nitrogen and oxygen atoms in total. The SMILES string of the molecule is CNCC1=CC=C(c2ccc(C(F)(F)F)cc2)CC=C1. The number of likely N-dealkylation sites (N-methyl/N-ethyl adjacent to an activating group) is 1. The molecule has 2 rings (SSSR count). The zero-order valence-corrected chi connectivity index (χ0v) is 11.2. The van der Waals surface area contributed by atoms with Crippen LogP contribution in [0, 0.1) is 0 Å². The number of nitrogens with one attached hydrogen (secondary N) is 1. The first-order valence-corrected chi connectivity index (χ1v) is 6.39. The Bertz CT molecular complexity index is 548. The molecular weight excluding hydrogens is 263 g/mol. The third kappa shape index (κ3) is 3.61. The third-order valence-corrected chi connectivity index (χ3v) is 3.13. The second-order valence-corrected chi connectivity index (χ2v) is 4.65. The van der Waals surface area contributed by atoms with Crippen molar-refractivity contribution in [2.75, 3.05) is 13.6 Å². The highest BCUT2D eigenvalue weighted by atomic mass is 19.4. The summed E-state index contributed by atoms with van der Waals surface area (Å²) in [6.45, 7) is 0.771. The highest BCUT2D eigenvalue weighted by molar-refractivity contribution is 5.69. The van der Waals surface area contributed by atoms with Crippen LogP contribution in [0.25, 0.3) is 5.57 Å². The normalized spacial score (nSPS) is 15.6. The van der Waals surface area contributed by atoms with Gasteiger partial charge in [-0.15, -0.1) is 0 Å². The minimum absolute atomic E-state index is 0.613. The first kappa shape index (κ1) is 14.6. The number of allylic oxidation sites excluding steroid dienone is 4. The summed E-state index contributed by atoms with van der Waals surface area (Å²) in [5, 5.41) is 3.07. The molecule has 0 aliphatic heterocycles. The smallest absolute Gasteiger partial charge is 0.316 e. The number of hydrogen-bond donors (Lipinski definition) is 1. The number of halogens is 3. The molecule has 0 bridgehead atoms. The second-order valence-electron chi connectivity index (χ2n) is 4.65. The van der Waals surface area contributed by atoms with Crippen molar-refractivity contribution in [3.05, 3.63) is 65.3 Å². The maximum absolute atomic E-state index is 12.5. The van der Waals surface area contributed by atoms with Crippen molar-refractivity contribution in [3.63, 3.8) is 0 Å². The van der Waals surface area contributed by atoms with E-state index in [9.17, 15) is 13.2 Å². The van der Waals surface area contributed by atoms with Crippen LogP contribution in [0.5, 0.6) is 0 Å². The van der Waals surface area contributed by atoms with Crippen molar-refractivity contribution >= 4 is 5.57 Å². The summed E-state index contributed by atoms with van der Waals surface area (Å²) in [5.74, 6) is 0. The van der Waals surface area contributed by atoms with Crippen LogP contribution in [0.3, 0.4) is 0 Å². The van der Waals surface area contributed by atoms with Gasteiger partial charge in [0, 0.05) is 6.54 Å². The molecule has 4 heteroatoms. The molecule has 0 amide bonds. The largest absolute Gasteiger partial charge is 0.416 e. The predicted molar refractivity (Wildman–Crippen MR) is 75.2 cm³/mol. The minimum Gasteiger partial charge on any atom is -0.316 e. The Labute approximate surface area is 116 Å². The molecule has 0 saturated carbocycles. The zero-order chi connectivity index (χ0) is 14.6. The Balaban J connectivity index is 2.22. The lowest BCUT2D eigenvalue weighted by atomic mass is 10.0. The van der Waals surface area contributed by atoms with Crippen LogP contribution in [-0.2, 0) is 6.18 Å². The Morgan fingerprint density at radius 1 is 1.10 bits per heavy atom. The van der Waals surface area contributed by atoms with Crippen molar-refractivity contribution in [1.82, 2.24) is 5.32 Å². The molecule has 0 atom stereocenters. The first-order chi connectivity index (χ1) is 9.50. The van der Waals surface area contributed by atoms with Gasteiger partial charge in [0.1, 0.15) is 0 Å². The first-order valence-electron chi connectivity index (χ1n) is 6.39. The molecule has 20 heavy (non-hydrogen) atoms. The minimum atomic E-state index is -4.28. The molecule has 0 aromatic heterocycles.